The van der Waals surface area contributed by atoms with Crippen molar-refractivity contribution in [2.45, 2.75) is 32.7 Å². The third-order valence-electron chi connectivity index (χ3n) is 3.59. The van der Waals surface area contributed by atoms with Gasteiger partial charge in [-0.15, -0.1) is 0 Å². The highest BCUT2D eigenvalue weighted by molar-refractivity contribution is 9.10. The molecule has 0 fully saturated rings. The van der Waals surface area contributed by atoms with Crippen LogP contribution in [0.5, 0.6) is 0 Å². The third kappa shape index (κ3) is 2.74. The van der Waals surface area contributed by atoms with Crippen LogP contribution in [0.2, 0.25) is 0 Å². The van der Waals surface area contributed by atoms with E-state index in [2.05, 4.69) is 69.8 Å². The second-order valence-corrected chi connectivity index (χ2v) is 6.07. The van der Waals surface area contributed by atoms with Gasteiger partial charge in [0.2, 0.25) is 0 Å². The van der Waals surface area contributed by atoms with Crippen molar-refractivity contribution >= 4 is 15.9 Å². The largest absolute Gasteiger partial charge is 0.310 e. The number of hydrogen-bond acceptors (Lipinski definition) is 2. The lowest BCUT2D eigenvalue weighted by molar-refractivity contribution is 0.424. The standard InChI is InChI=1S/C15H20BrN3/c1-5-11-8-12(16)6-7-13(11)19-10-18-9-14(19)15(2,3)17-4/h6-10,17H,5H2,1-4H3. The molecule has 102 valence electrons. The number of aryl methyl sites for hydroxylation is 1. The van der Waals surface area contributed by atoms with Crippen LogP contribution in [0.25, 0.3) is 5.69 Å². The van der Waals surface area contributed by atoms with E-state index in [1.165, 1.54) is 11.3 Å². The maximum atomic E-state index is 4.32. The number of halogens is 1. The summed E-state index contributed by atoms with van der Waals surface area (Å²) in [6, 6.07) is 6.38. The van der Waals surface area contributed by atoms with Gasteiger partial charge < -0.3 is 9.88 Å². The molecule has 0 bridgehead atoms. The molecule has 0 aliphatic rings. The Morgan fingerprint density at radius 3 is 2.74 bits per heavy atom. The number of hydrogen-bond donors (Lipinski definition) is 1. The van der Waals surface area contributed by atoms with Gasteiger partial charge in [0.1, 0.15) is 0 Å². The first-order valence-electron chi connectivity index (χ1n) is 6.50. The number of nitrogens with one attached hydrogen (secondary N) is 1. The zero-order chi connectivity index (χ0) is 14.0. The third-order valence-corrected chi connectivity index (χ3v) is 4.08. The van der Waals surface area contributed by atoms with Crippen molar-refractivity contribution in [2.75, 3.05) is 7.05 Å². The van der Waals surface area contributed by atoms with E-state index in [-0.39, 0.29) is 5.54 Å². The van der Waals surface area contributed by atoms with E-state index in [0.717, 1.165) is 16.6 Å². The summed E-state index contributed by atoms with van der Waals surface area (Å²) < 4.78 is 3.28. The minimum Gasteiger partial charge on any atom is -0.310 e. The van der Waals surface area contributed by atoms with Gasteiger partial charge in [-0.05, 0) is 51.1 Å². The maximum absolute atomic E-state index is 4.32. The van der Waals surface area contributed by atoms with Crippen LogP contribution in [0.3, 0.4) is 0 Å². The Balaban J connectivity index is 2.58. The Labute approximate surface area is 123 Å². The molecule has 0 radical (unpaired) electrons. The smallest absolute Gasteiger partial charge is 0.0994 e. The van der Waals surface area contributed by atoms with Gasteiger partial charge in [0, 0.05) is 4.47 Å². The minimum absolute atomic E-state index is 0.116. The van der Waals surface area contributed by atoms with Crippen LogP contribution in [-0.4, -0.2) is 16.6 Å². The second kappa shape index (κ2) is 5.47. The molecule has 1 heterocycles. The van der Waals surface area contributed by atoms with Crippen molar-refractivity contribution in [3.8, 4) is 5.69 Å². The van der Waals surface area contributed by atoms with Gasteiger partial charge in [-0.3, -0.25) is 0 Å². The SMILES string of the molecule is CCc1cc(Br)ccc1-n1cncc1C(C)(C)NC. The molecular formula is C15H20BrN3. The Hall–Kier alpha value is -1.13. The molecule has 2 aromatic rings. The molecular weight excluding hydrogens is 302 g/mol. The number of rotatable bonds is 4. The molecule has 19 heavy (non-hydrogen) atoms. The minimum atomic E-state index is -0.116. The summed E-state index contributed by atoms with van der Waals surface area (Å²) in [7, 11) is 1.97. The first kappa shape index (κ1) is 14.3. The molecule has 0 aliphatic carbocycles. The van der Waals surface area contributed by atoms with Crippen molar-refractivity contribution in [3.63, 3.8) is 0 Å². The lowest BCUT2D eigenvalue weighted by Crippen LogP contribution is -2.35. The molecule has 1 N–H and O–H groups in total. The maximum Gasteiger partial charge on any atom is 0.0994 e. The average molecular weight is 322 g/mol. The topological polar surface area (TPSA) is 29.9 Å². The molecule has 0 unspecified atom stereocenters. The van der Waals surface area contributed by atoms with Crippen molar-refractivity contribution < 1.29 is 0 Å². The molecule has 4 heteroatoms. The van der Waals surface area contributed by atoms with E-state index in [9.17, 15) is 0 Å². The number of aromatic nitrogens is 2. The van der Waals surface area contributed by atoms with Gasteiger partial charge in [0.05, 0.1) is 29.4 Å². The van der Waals surface area contributed by atoms with Gasteiger partial charge in [-0.1, -0.05) is 22.9 Å². The molecule has 1 aromatic carbocycles. The van der Waals surface area contributed by atoms with Crippen molar-refractivity contribution in [1.82, 2.24) is 14.9 Å². The quantitative estimate of drug-likeness (QED) is 0.931. The highest BCUT2D eigenvalue weighted by Crippen LogP contribution is 2.26. The summed E-state index contributed by atoms with van der Waals surface area (Å²) in [5.74, 6) is 0. The van der Waals surface area contributed by atoms with Gasteiger partial charge >= 0.3 is 0 Å². The Bertz CT molecular complexity index is 573. The summed E-state index contributed by atoms with van der Waals surface area (Å²) >= 11 is 3.53. The van der Waals surface area contributed by atoms with Crippen LogP contribution in [0, 0.1) is 0 Å². The van der Waals surface area contributed by atoms with Crippen LogP contribution < -0.4 is 5.32 Å². The summed E-state index contributed by atoms with van der Waals surface area (Å²) in [4.78, 5) is 4.32. The van der Waals surface area contributed by atoms with Crippen molar-refractivity contribution in [1.29, 1.82) is 0 Å². The average Bonchev–Trinajstić information content (AvgIpc) is 2.88. The predicted molar refractivity (Wildman–Crippen MR) is 82.7 cm³/mol. The highest BCUT2D eigenvalue weighted by atomic mass is 79.9. The van der Waals surface area contributed by atoms with Crippen LogP contribution >= 0.6 is 15.9 Å². The number of benzene rings is 1. The predicted octanol–water partition coefficient (Wildman–Crippen LogP) is 3.65. The fourth-order valence-corrected chi connectivity index (χ4v) is 2.56. The van der Waals surface area contributed by atoms with E-state index < -0.39 is 0 Å². The van der Waals surface area contributed by atoms with Gasteiger partial charge in [-0.25, -0.2) is 4.98 Å². The van der Waals surface area contributed by atoms with E-state index in [4.69, 9.17) is 0 Å². The summed E-state index contributed by atoms with van der Waals surface area (Å²) in [6.07, 6.45) is 4.81. The highest BCUT2D eigenvalue weighted by Gasteiger charge is 2.23. The molecule has 2 rings (SSSR count). The Morgan fingerprint density at radius 1 is 1.37 bits per heavy atom. The van der Waals surface area contributed by atoms with E-state index in [1.807, 2.05) is 19.6 Å². The molecule has 0 aliphatic heterocycles. The first-order chi connectivity index (χ1) is 8.99. The summed E-state index contributed by atoms with van der Waals surface area (Å²) in [6.45, 7) is 6.49. The molecule has 0 amide bonds. The van der Waals surface area contributed by atoms with E-state index in [0.29, 0.717) is 0 Å². The van der Waals surface area contributed by atoms with Crippen LogP contribution in [0.4, 0.5) is 0 Å². The second-order valence-electron chi connectivity index (χ2n) is 5.15. The van der Waals surface area contributed by atoms with E-state index >= 15 is 0 Å². The molecule has 0 saturated carbocycles. The number of imidazole rings is 1. The fraction of sp³-hybridized carbons (Fsp3) is 0.400. The zero-order valence-corrected chi connectivity index (χ0v) is 13.5. The lowest BCUT2D eigenvalue weighted by atomic mass is 10.0. The van der Waals surface area contributed by atoms with Gasteiger partial charge in [0.25, 0.3) is 0 Å². The van der Waals surface area contributed by atoms with Crippen molar-refractivity contribution in [3.05, 3.63) is 46.5 Å². The molecule has 0 atom stereocenters. The Morgan fingerprint density at radius 2 is 2.11 bits per heavy atom. The monoisotopic (exact) mass is 321 g/mol. The lowest BCUT2D eigenvalue weighted by Gasteiger charge is -2.26. The fourth-order valence-electron chi connectivity index (χ4n) is 2.15. The van der Waals surface area contributed by atoms with Gasteiger partial charge in [-0.2, -0.15) is 0 Å². The van der Waals surface area contributed by atoms with Crippen LogP contribution in [-0.2, 0) is 12.0 Å². The molecule has 1 aromatic heterocycles. The summed E-state index contributed by atoms with van der Waals surface area (Å²) in [5, 5.41) is 3.33. The van der Waals surface area contributed by atoms with Crippen LogP contribution in [0.15, 0.2) is 35.2 Å². The molecule has 0 saturated heterocycles. The molecule has 0 spiro atoms. The van der Waals surface area contributed by atoms with E-state index in [1.54, 1.807) is 0 Å². The first-order valence-corrected chi connectivity index (χ1v) is 7.29. The van der Waals surface area contributed by atoms with Crippen molar-refractivity contribution in [2.24, 2.45) is 0 Å². The summed E-state index contributed by atoms with van der Waals surface area (Å²) in [5.41, 5.74) is 3.54. The van der Waals surface area contributed by atoms with Gasteiger partial charge in [0.15, 0.2) is 0 Å². The normalized spacial score (nSPS) is 11.8. The number of nitrogens with zero attached hydrogens (tertiary/aromatic N) is 2. The molecule has 3 nitrogen and oxygen atoms in total. The Kier molecular flexibility index (Phi) is 4.11. The zero-order valence-electron chi connectivity index (χ0n) is 11.9. The van der Waals surface area contributed by atoms with Crippen LogP contribution in [0.1, 0.15) is 32.0 Å².